The smallest absolute Gasteiger partial charge is 0.275 e. The number of furan rings is 2. The quantitative estimate of drug-likeness (QED) is 0.440. The van der Waals surface area contributed by atoms with Gasteiger partial charge >= 0.3 is 0 Å². The minimum Gasteiger partial charge on any atom is -0.493 e. The zero-order valence-electron chi connectivity index (χ0n) is 15.3. The zero-order chi connectivity index (χ0) is 19.4. The van der Waals surface area contributed by atoms with Crippen molar-refractivity contribution in [3.05, 3.63) is 46.3 Å². The maximum absolute atomic E-state index is 12.4. The highest BCUT2D eigenvalue weighted by molar-refractivity contribution is 9.10. The molecule has 3 rings (SSSR count). The third-order valence-electron chi connectivity index (χ3n) is 4.11. The number of carbonyl (C=O) groups is 1. The van der Waals surface area contributed by atoms with Gasteiger partial charge in [-0.05, 0) is 32.0 Å². The van der Waals surface area contributed by atoms with E-state index in [0.29, 0.717) is 28.0 Å². The Morgan fingerprint density at radius 3 is 2.81 bits per heavy atom. The van der Waals surface area contributed by atoms with E-state index in [1.807, 2.05) is 6.07 Å². The Labute approximate surface area is 165 Å². The molecule has 1 aromatic carbocycles. The van der Waals surface area contributed by atoms with Crippen LogP contribution in [0.4, 0.5) is 5.88 Å². The SMILES string of the molecule is CCN(CC)c1ccc(C=NNC(=O)c2coc3c(OC)cc(Br)cc23)o1. The lowest BCUT2D eigenvalue weighted by molar-refractivity contribution is 0.0956. The molecule has 0 saturated heterocycles. The molecular formula is C19H20BrN3O4. The molecule has 0 unspecified atom stereocenters. The highest BCUT2D eigenvalue weighted by atomic mass is 79.9. The first-order chi connectivity index (χ1) is 13.1. The van der Waals surface area contributed by atoms with Crippen molar-refractivity contribution in [2.75, 3.05) is 25.1 Å². The van der Waals surface area contributed by atoms with Crippen LogP contribution in [0.25, 0.3) is 11.0 Å². The van der Waals surface area contributed by atoms with Crippen LogP contribution < -0.4 is 15.1 Å². The fraction of sp³-hybridized carbons (Fsp3) is 0.263. The van der Waals surface area contributed by atoms with Gasteiger partial charge in [-0.1, -0.05) is 15.9 Å². The lowest BCUT2D eigenvalue weighted by Gasteiger charge is -2.16. The van der Waals surface area contributed by atoms with Crippen molar-refractivity contribution in [2.24, 2.45) is 5.10 Å². The number of hydrazone groups is 1. The predicted molar refractivity (Wildman–Crippen MR) is 108 cm³/mol. The molecule has 0 aliphatic carbocycles. The third-order valence-corrected chi connectivity index (χ3v) is 4.57. The third kappa shape index (κ3) is 4.00. The fourth-order valence-corrected chi connectivity index (χ4v) is 3.17. The van der Waals surface area contributed by atoms with Crippen molar-refractivity contribution in [2.45, 2.75) is 13.8 Å². The highest BCUT2D eigenvalue weighted by Crippen LogP contribution is 2.33. The van der Waals surface area contributed by atoms with Crippen LogP contribution in [0.1, 0.15) is 30.0 Å². The summed E-state index contributed by atoms with van der Waals surface area (Å²) < 4.78 is 17.2. The maximum atomic E-state index is 12.4. The molecule has 0 bridgehead atoms. The van der Waals surface area contributed by atoms with Gasteiger partial charge in [0, 0.05) is 29.0 Å². The summed E-state index contributed by atoms with van der Waals surface area (Å²) in [4.78, 5) is 14.5. The number of anilines is 1. The number of fused-ring (bicyclic) bond motifs is 1. The number of rotatable bonds is 7. The van der Waals surface area contributed by atoms with E-state index in [4.69, 9.17) is 13.6 Å². The molecule has 1 N–H and O–H groups in total. The van der Waals surface area contributed by atoms with Gasteiger partial charge in [-0.3, -0.25) is 4.79 Å². The van der Waals surface area contributed by atoms with E-state index in [1.165, 1.54) is 12.5 Å². The highest BCUT2D eigenvalue weighted by Gasteiger charge is 2.17. The molecular weight excluding hydrogens is 414 g/mol. The second kappa shape index (κ2) is 8.30. The molecule has 0 spiro atoms. The number of carbonyl (C=O) groups excluding carboxylic acids is 1. The summed E-state index contributed by atoms with van der Waals surface area (Å²) in [5.74, 6) is 1.48. The van der Waals surface area contributed by atoms with Gasteiger partial charge in [-0.2, -0.15) is 5.10 Å². The normalized spacial score (nSPS) is 11.3. The molecule has 3 aromatic rings. The first kappa shape index (κ1) is 19.0. The number of methoxy groups -OCH3 is 1. The van der Waals surface area contributed by atoms with Gasteiger partial charge < -0.3 is 18.5 Å². The lowest BCUT2D eigenvalue weighted by atomic mass is 10.1. The Kier molecular flexibility index (Phi) is 5.85. The largest absolute Gasteiger partial charge is 0.493 e. The van der Waals surface area contributed by atoms with Crippen LogP contribution >= 0.6 is 15.9 Å². The first-order valence-electron chi connectivity index (χ1n) is 8.50. The Balaban J connectivity index is 1.74. The van der Waals surface area contributed by atoms with Crippen molar-refractivity contribution in [3.63, 3.8) is 0 Å². The van der Waals surface area contributed by atoms with Crippen molar-refractivity contribution < 1.29 is 18.4 Å². The molecule has 0 fully saturated rings. The van der Waals surface area contributed by atoms with Crippen molar-refractivity contribution in [1.29, 1.82) is 0 Å². The fourth-order valence-electron chi connectivity index (χ4n) is 2.73. The van der Waals surface area contributed by atoms with Crippen LogP contribution in [-0.4, -0.2) is 32.3 Å². The van der Waals surface area contributed by atoms with E-state index >= 15 is 0 Å². The number of benzene rings is 1. The zero-order valence-corrected chi connectivity index (χ0v) is 16.9. The van der Waals surface area contributed by atoms with Gasteiger partial charge in [0.25, 0.3) is 5.91 Å². The standard InChI is InChI=1S/C19H20BrN3O4/c1-4-23(5-2)17-7-6-13(27-17)10-21-22-19(24)15-11-26-18-14(15)8-12(20)9-16(18)25-3/h6-11H,4-5H2,1-3H3,(H,22,24). The van der Waals surface area contributed by atoms with Crippen molar-refractivity contribution in [1.82, 2.24) is 5.43 Å². The van der Waals surface area contributed by atoms with E-state index in [-0.39, 0.29) is 5.91 Å². The number of nitrogens with one attached hydrogen (secondary N) is 1. The monoisotopic (exact) mass is 433 g/mol. The number of halogens is 1. The number of nitrogens with zero attached hydrogens (tertiary/aromatic N) is 2. The van der Waals surface area contributed by atoms with Crippen LogP contribution in [0.5, 0.6) is 5.75 Å². The van der Waals surface area contributed by atoms with E-state index < -0.39 is 0 Å². The summed E-state index contributed by atoms with van der Waals surface area (Å²) >= 11 is 3.40. The van der Waals surface area contributed by atoms with Crippen LogP contribution in [0.2, 0.25) is 0 Å². The van der Waals surface area contributed by atoms with E-state index in [2.05, 4.69) is 45.2 Å². The van der Waals surface area contributed by atoms with E-state index in [1.54, 1.807) is 25.3 Å². The number of ether oxygens (including phenoxy) is 1. The minimum atomic E-state index is -0.388. The van der Waals surface area contributed by atoms with Crippen molar-refractivity contribution >= 4 is 44.9 Å². The molecule has 27 heavy (non-hydrogen) atoms. The molecule has 7 nitrogen and oxygen atoms in total. The molecule has 0 radical (unpaired) electrons. The number of amides is 1. The number of hydrogen-bond donors (Lipinski definition) is 1. The lowest BCUT2D eigenvalue weighted by Crippen LogP contribution is -2.20. The van der Waals surface area contributed by atoms with E-state index in [0.717, 1.165) is 23.4 Å². The molecule has 2 heterocycles. The molecule has 0 aliphatic rings. The van der Waals surface area contributed by atoms with Gasteiger partial charge in [0.2, 0.25) is 0 Å². The Hall–Kier alpha value is -2.74. The van der Waals surface area contributed by atoms with Crippen molar-refractivity contribution in [3.8, 4) is 5.75 Å². The van der Waals surface area contributed by atoms with Gasteiger partial charge in [0.05, 0.1) is 18.9 Å². The summed E-state index contributed by atoms with van der Waals surface area (Å²) in [6.07, 6.45) is 2.85. The second-order valence-corrected chi connectivity index (χ2v) is 6.60. The second-order valence-electron chi connectivity index (χ2n) is 5.68. The Morgan fingerprint density at radius 1 is 1.33 bits per heavy atom. The molecule has 8 heteroatoms. The molecule has 1 amide bonds. The topological polar surface area (TPSA) is 80.2 Å². The van der Waals surface area contributed by atoms with Crippen LogP contribution in [0.3, 0.4) is 0 Å². The average molecular weight is 434 g/mol. The van der Waals surface area contributed by atoms with Gasteiger partial charge in [-0.15, -0.1) is 0 Å². The van der Waals surface area contributed by atoms with Crippen LogP contribution in [0.15, 0.2) is 48.9 Å². The summed E-state index contributed by atoms with van der Waals surface area (Å²) in [5, 5.41) is 4.61. The van der Waals surface area contributed by atoms with Gasteiger partial charge in [0.1, 0.15) is 12.0 Å². The minimum absolute atomic E-state index is 0.366. The maximum Gasteiger partial charge on any atom is 0.275 e. The van der Waals surface area contributed by atoms with Crippen LogP contribution in [0, 0.1) is 0 Å². The Bertz CT molecular complexity index is 973. The molecule has 0 aliphatic heterocycles. The molecule has 2 aromatic heterocycles. The average Bonchev–Trinajstić information content (AvgIpc) is 3.29. The summed E-state index contributed by atoms with van der Waals surface area (Å²) in [6.45, 7) is 5.82. The summed E-state index contributed by atoms with van der Waals surface area (Å²) in [5.41, 5.74) is 3.36. The summed E-state index contributed by atoms with van der Waals surface area (Å²) in [7, 11) is 1.55. The van der Waals surface area contributed by atoms with Crippen LogP contribution in [-0.2, 0) is 0 Å². The van der Waals surface area contributed by atoms with Gasteiger partial charge in [0.15, 0.2) is 17.2 Å². The molecule has 142 valence electrons. The molecule has 0 atom stereocenters. The Morgan fingerprint density at radius 2 is 2.11 bits per heavy atom. The van der Waals surface area contributed by atoms with E-state index in [9.17, 15) is 4.79 Å². The van der Waals surface area contributed by atoms with Gasteiger partial charge in [-0.25, -0.2) is 5.43 Å². The first-order valence-corrected chi connectivity index (χ1v) is 9.29. The summed E-state index contributed by atoms with van der Waals surface area (Å²) in [6, 6.07) is 7.25. The predicted octanol–water partition coefficient (Wildman–Crippen LogP) is 4.41. The molecule has 0 saturated carbocycles. The number of hydrogen-bond acceptors (Lipinski definition) is 6.